The number of fused-ring (bicyclic) bond motifs is 2. The molecule has 7 heteroatoms. The van der Waals surface area contributed by atoms with Crippen molar-refractivity contribution in [1.29, 1.82) is 0 Å². The number of hydrogen-bond donors (Lipinski definition) is 1. The number of carbonyl (C=O) groups excluding carboxylic acids is 1. The van der Waals surface area contributed by atoms with Gasteiger partial charge in [0, 0.05) is 6.20 Å². The Labute approximate surface area is 147 Å². The number of nitrogens with zero attached hydrogens (tertiary/aromatic N) is 3. The molecule has 2 aromatic heterocycles. The second kappa shape index (κ2) is 5.81. The Balaban J connectivity index is 1.78. The Morgan fingerprint density at radius 1 is 1.15 bits per heavy atom. The second-order valence-electron chi connectivity index (χ2n) is 6.23. The van der Waals surface area contributed by atoms with Crippen LogP contribution < -0.4 is 4.90 Å². The average Bonchev–Trinajstić information content (AvgIpc) is 2.82. The molecular formula is C19H15F2N3O2. The highest BCUT2D eigenvalue weighted by Gasteiger charge is 2.54. The maximum Gasteiger partial charge on any atom is 0.352 e. The van der Waals surface area contributed by atoms with E-state index in [1.807, 2.05) is 0 Å². The Morgan fingerprint density at radius 3 is 2.73 bits per heavy atom. The number of benzene rings is 1. The zero-order valence-corrected chi connectivity index (χ0v) is 13.9. The summed E-state index contributed by atoms with van der Waals surface area (Å²) >= 11 is 0. The number of hydrogen-bond acceptors (Lipinski definition) is 4. The maximum absolute atomic E-state index is 14.6. The molecule has 1 aliphatic heterocycles. The molecule has 1 atom stereocenters. The van der Waals surface area contributed by atoms with Crippen molar-refractivity contribution in [2.45, 2.75) is 25.5 Å². The molecule has 4 rings (SSSR count). The molecule has 1 aliphatic rings. The number of halogens is 2. The van der Waals surface area contributed by atoms with Gasteiger partial charge in [-0.2, -0.15) is 8.78 Å². The van der Waals surface area contributed by atoms with Gasteiger partial charge in [0.15, 0.2) is 0 Å². The van der Waals surface area contributed by atoms with E-state index in [9.17, 15) is 18.7 Å². The van der Waals surface area contributed by atoms with Crippen LogP contribution in [0.25, 0.3) is 11.0 Å². The predicted octanol–water partition coefficient (Wildman–Crippen LogP) is 3.32. The van der Waals surface area contributed by atoms with Crippen LogP contribution in [0.15, 0.2) is 48.7 Å². The van der Waals surface area contributed by atoms with E-state index in [1.54, 1.807) is 36.5 Å². The van der Waals surface area contributed by atoms with Crippen molar-refractivity contribution >= 4 is 22.6 Å². The lowest BCUT2D eigenvalue weighted by Gasteiger charge is -2.17. The summed E-state index contributed by atoms with van der Waals surface area (Å²) in [6.07, 6.45) is 0.538. The fourth-order valence-corrected chi connectivity index (χ4v) is 3.26. The van der Waals surface area contributed by atoms with Crippen LogP contribution in [0.5, 0.6) is 0 Å². The third-order valence-electron chi connectivity index (χ3n) is 4.48. The number of carbonyl (C=O) groups is 1. The highest BCUT2D eigenvalue weighted by atomic mass is 19.3. The van der Waals surface area contributed by atoms with Crippen molar-refractivity contribution in [2.75, 3.05) is 4.90 Å². The van der Waals surface area contributed by atoms with Crippen LogP contribution in [0.2, 0.25) is 0 Å². The van der Waals surface area contributed by atoms with E-state index in [0.29, 0.717) is 16.7 Å². The highest BCUT2D eigenvalue weighted by molar-refractivity contribution is 6.06. The summed E-state index contributed by atoms with van der Waals surface area (Å²) in [6.45, 7) is 1.31. The first kappa shape index (κ1) is 16.5. The van der Waals surface area contributed by atoms with Crippen LogP contribution in [0.1, 0.15) is 29.8 Å². The molecule has 0 fully saturated rings. The van der Waals surface area contributed by atoms with Crippen molar-refractivity contribution in [2.24, 2.45) is 0 Å². The lowest BCUT2D eigenvalue weighted by molar-refractivity contribution is -0.141. The maximum atomic E-state index is 14.6. The zero-order chi connectivity index (χ0) is 18.5. The van der Waals surface area contributed by atoms with E-state index in [4.69, 9.17) is 0 Å². The van der Waals surface area contributed by atoms with Gasteiger partial charge in [0.05, 0.1) is 40.6 Å². The van der Waals surface area contributed by atoms with Gasteiger partial charge in [-0.25, -0.2) is 4.98 Å². The summed E-state index contributed by atoms with van der Waals surface area (Å²) in [5, 5.41) is 9.82. The van der Waals surface area contributed by atoms with Crippen molar-refractivity contribution in [3.05, 3.63) is 65.5 Å². The van der Waals surface area contributed by atoms with Crippen molar-refractivity contribution < 1.29 is 18.7 Å². The topological polar surface area (TPSA) is 66.3 Å². The van der Waals surface area contributed by atoms with Gasteiger partial charge < -0.3 is 10.0 Å². The van der Waals surface area contributed by atoms with Gasteiger partial charge in [0.25, 0.3) is 0 Å². The summed E-state index contributed by atoms with van der Waals surface area (Å²) in [5.74, 6) is -4.99. The van der Waals surface area contributed by atoms with Gasteiger partial charge in [-0.3, -0.25) is 9.78 Å². The van der Waals surface area contributed by atoms with Crippen LogP contribution in [0, 0.1) is 0 Å². The molecule has 1 amide bonds. The largest absolute Gasteiger partial charge is 0.389 e. The Morgan fingerprint density at radius 2 is 1.96 bits per heavy atom. The molecule has 132 valence electrons. The van der Waals surface area contributed by atoms with Crippen LogP contribution in [0.3, 0.4) is 0 Å². The van der Waals surface area contributed by atoms with Crippen LogP contribution >= 0.6 is 0 Å². The minimum atomic E-state index is -3.68. The third-order valence-corrected chi connectivity index (χ3v) is 4.48. The van der Waals surface area contributed by atoms with E-state index in [-0.39, 0.29) is 17.8 Å². The molecule has 0 unspecified atom stereocenters. The molecular weight excluding hydrogens is 340 g/mol. The Bertz CT molecular complexity index is 1020. The van der Waals surface area contributed by atoms with Crippen LogP contribution in [0.4, 0.5) is 14.5 Å². The van der Waals surface area contributed by atoms with Gasteiger partial charge in [-0.05, 0) is 42.8 Å². The standard InChI is InChI=1S/C19H15F2N3O2/c1-11(25)13-4-2-6-16-17(13)19(20,21)18(26)24(16)10-12-7-8-14-15(23-12)5-3-9-22-14/h2-9,11,25H,10H2,1H3/t11-/m0/s1. The highest BCUT2D eigenvalue weighted by Crippen LogP contribution is 2.47. The van der Waals surface area contributed by atoms with Crippen LogP contribution in [-0.4, -0.2) is 21.0 Å². The molecule has 1 aromatic carbocycles. The molecule has 0 radical (unpaired) electrons. The van der Waals surface area contributed by atoms with Gasteiger partial charge >= 0.3 is 11.8 Å². The summed E-state index contributed by atoms with van der Waals surface area (Å²) in [4.78, 5) is 22.0. The average molecular weight is 355 g/mol. The minimum absolute atomic E-state index is 0.0546. The Hall–Kier alpha value is -2.93. The molecule has 26 heavy (non-hydrogen) atoms. The van der Waals surface area contributed by atoms with Crippen molar-refractivity contribution in [3.63, 3.8) is 0 Å². The SMILES string of the molecule is C[C@H](O)c1cccc2c1C(F)(F)C(=O)N2Cc1ccc2ncccc2n1. The predicted molar refractivity (Wildman–Crippen MR) is 91.7 cm³/mol. The van der Waals surface area contributed by atoms with E-state index in [0.717, 1.165) is 4.90 Å². The van der Waals surface area contributed by atoms with Gasteiger partial charge in [0.1, 0.15) is 0 Å². The molecule has 0 saturated heterocycles. The molecule has 3 aromatic rings. The monoisotopic (exact) mass is 355 g/mol. The first-order chi connectivity index (χ1) is 12.4. The number of aromatic nitrogens is 2. The fraction of sp³-hybridized carbons (Fsp3) is 0.211. The van der Waals surface area contributed by atoms with E-state index < -0.39 is 23.5 Å². The number of anilines is 1. The molecule has 0 saturated carbocycles. The number of pyridine rings is 2. The summed E-state index contributed by atoms with van der Waals surface area (Å²) < 4.78 is 29.2. The van der Waals surface area contributed by atoms with Gasteiger partial charge in [-0.15, -0.1) is 0 Å². The quantitative estimate of drug-likeness (QED) is 0.783. The molecule has 0 aliphatic carbocycles. The van der Waals surface area contributed by atoms with E-state index >= 15 is 0 Å². The van der Waals surface area contributed by atoms with Crippen molar-refractivity contribution in [1.82, 2.24) is 9.97 Å². The van der Waals surface area contributed by atoms with Gasteiger partial charge in [0.2, 0.25) is 0 Å². The molecule has 0 bridgehead atoms. The first-order valence-electron chi connectivity index (χ1n) is 8.11. The number of alkyl halides is 2. The number of aliphatic hydroxyl groups is 1. The molecule has 5 nitrogen and oxygen atoms in total. The summed E-state index contributed by atoms with van der Waals surface area (Å²) in [7, 11) is 0. The minimum Gasteiger partial charge on any atom is -0.389 e. The summed E-state index contributed by atoms with van der Waals surface area (Å²) in [5.41, 5.74) is 1.52. The Kier molecular flexibility index (Phi) is 3.69. The lowest BCUT2D eigenvalue weighted by atomic mass is 9.98. The van der Waals surface area contributed by atoms with Crippen molar-refractivity contribution in [3.8, 4) is 0 Å². The normalized spacial score (nSPS) is 16.8. The van der Waals surface area contributed by atoms with Gasteiger partial charge in [-0.1, -0.05) is 12.1 Å². The smallest absolute Gasteiger partial charge is 0.352 e. The van der Waals surface area contributed by atoms with Crippen LogP contribution in [-0.2, 0) is 17.3 Å². The number of rotatable bonds is 3. The number of amides is 1. The first-order valence-corrected chi connectivity index (χ1v) is 8.11. The summed E-state index contributed by atoms with van der Waals surface area (Å²) in [6, 6.07) is 11.3. The molecule has 1 N–H and O–H groups in total. The number of aliphatic hydroxyl groups excluding tert-OH is 1. The zero-order valence-electron chi connectivity index (χ0n) is 13.9. The lowest BCUT2D eigenvalue weighted by Crippen LogP contribution is -2.34. The molecule has 3 heterocycles. The van der Waals surface area contributed by atoms with E-state index in [2.05, 4.69) is 9.97 Å². The van der Waals surface area contributed by atoms with E-state index in [1.165, 1.54) is 19.1 Å². The molecule has 0 spiro atoms. The fourth-order valence-electron chi connectivity index (χ4n) is 3.26. The third kappa shape index (κ3) is 2.43. The second-order valence-corrected chi connectivity index (χ2v) is 6.23.